The lowest BCUT2D eigenvalue weighted by atomic mass is 10.3. The molecule has 1 aromatic heterocycles. The lowest BCUT2D eigenvalue weighted by Gasteiger charge is -2.04. The van der Waals surface area contributed by atoms with Crippen molar-refractivity contribution >= 4 is 27.1 Å². The standard InChI is InChI=1S/C12H10O5S2/c1-19(15,16)9-4-2-3-8(7-9)17-11-6-5-10(18-11)12(13)14/h2-7H,1H3,(H,13,14). The van der Waals surface area contributed by atoms with Gasteiger partial charge in [-0.1, -0.05) is 17.4 Å². The zero-order valence-electron chi connectivity index (χ0n) is 9.86. The molecule has 0 radical (unpaired) electrons. The van der Waals surface area contributed by atoms with Gasteiger partial charge in [0.25, 0.3) is 0 Å². The number of sulfone groups is 1. The first-order valence-electron chi connectivity index (χ1n) is 5.17. The molecule has 2 rings (SSSR count). The summed E-state index contributed by atoms with van der Waals surface area (Å²) in [6.45, 7) is 0. The molecule has 0 spiro atoms. The quantitative estimate of drug-likeness (QED) is 0.938. The second kappa shape index (κ2) is 5.02. The monoisotopic (exact) mass is 298 g/mol. The number of carboxylic acid groups (broad SMARTS) is 1. The van der Waals surface area contributed by atoms with E-state index in [4.69, 9.17) is 9.84 Å². The summed E-state index contributed by atoms with van der Waals surface area (Å²) >= 11 is 0.978. The molecule has 0 aliphatic heterocycles. The van der Waals surface area contributed by atoms with Crippen molar-refractivity contribution in [2.75, 3.05) is 6.26 Å². The Kier molecular flexibility index (Phi) is 3.59. The van der Waals surface area contributed by atoms with Crippen LogP contribution in [0.15, 0.2) is 41.3 Å². The fraction of sp³-hybridized carbons (Fsp3) is 0.0833. The molecule has 19 heavy (non-hydrogen) atoms. The smallest absolute Gasteiger partial charge is 0.345 e. The number of carboxylic acids is 1. The van der Waals surface area contributed by atoms with Gasteiger partial charge in [-0.3, -0.25) is 0 Å². The minimum absolute atomic E-state index is 0.153. The molecule has 2 aromatic rings. The molecule has 0 aliphatic carbocycles. The average Bonchev–Trinajstić information content (AvgIpc) is 2.77. The van der Waals surface area contributed by atoms with Crippen molar-refractivity contribution in [1.29, 1.82) is 0 Å². The predicted octanol–water partition coefficient (Wildman–Crippen LogP) is 2.64. The SMILES string of the molecule is CS(=O)(=O)c1cccc(Oc2ccc(C(=O)O)s2)c1. The Morgan fingerprint density at radius 2 is 2.00 bits per heavy atom. The molecule has 1 heterocycles. The highest BCUT2D eigenvalue weighted by Gasteiger charge is 2.11. The highest BCUT2D eigenvalue weighted by atomic mass is 32.2. The Balaban J connectivity index is 2.26. The maximum atomic E-state index is 11.4. The Morgan fingerprint density at radius 3 is 2.58 bits per heavy atom. The molecular formula is C12H10O5S2. The van der Waals surface area contributed by atoms with Crippen LogP contribution in [-0.2, 0) is 9.84 Å². The van der Waals surface area contributed by atoms with Gasteiger partial charge < -0.3 is 9.84 Å². The van der Waals surface area contributed by atoms with Crippen LogP contribution in [0.1, 0.15) is 9.67 Å². The van der Waals surface area contributed by atoms with E-state index in [2.05, 4.69) is 0 Å². The van der Waals surface area contributed by atoms with Gasteiger partial charge in [-0.15, -0.1) is 0 Å². The molecular weight excluding hydrogens is 288 g/mol. The zero-order valence-corrected chi connectivity index (χ0v) is 11.5. The lowest BCUT2D eigenvalue weighted by molar-refractivity contribution is 0.0702. The van der Waals surface area contributed by atoms with Crippen LogP contribution in [0.3, 0.4) is 0 Å². The number of hydrogen-bond donors (Lipinski definition) is 1. The molecule has 100 valence electrons. The van der Waals surface area contributed by atoms with Crippen LogP contribution in [-0.4, -0.2) is 25.7 Å². The molecule has 5 nitrogen and oxygen atoms in total. The third kappa shape index (κ3) is 3.33. The van der Waals surface area contributed by atoms with Crippen LogP contribution in [0.2, 0.25) is 0 Å². The van der Waals surface area contributed by atoms with Crippen LogP contribution < -0.4 is 4.74 Å². The molecule has 7 heteroatoms. The van der Waals surface area contributed by atoms with Crippen molar-refractivity contribution in [2.45, 2.75) is 4.90 Å². The molecule has 1 N–H and O–H groups in total. The first kappa shape index (κ1) is 13.6. The van der Waals surface area contributed by atoms with E-state index in [9.17, 15) is 13.2 Å². The van der Waals surface area contributed by atoms with Gasteiger partial charge >= 0.3 is 5.97 Å². The first-order chi connectivity index (χ1) is 8.86. The summed E-state index contributed by atoms with van der Waals surface area (Å²) in [6.07, 6.45) is 1.11. The van der Waals surface area contributed by atoms with E-state index in [0.29, 0.717) is 10.8 Å². The minimum Gasteiger partial charge on any atom is -0.477 e. The molecule has 0 bridgehead atoms. The van der Waals surface area contributed by atoms with Crippen molar-refractivity contribution in [3.63, 3.8) is 0 Å². The number of thiophene rings is 1. The van der Waals surface area contributed by atoms with E-state index in [1.807, 2.05) is 0 Å². The second-order valence-electron chi connectivity index (χ2n) is 3.77. The molecule has 0 saturated heterocycles. The van der Waals surface area contributed by atoms with E-state index in [1.54, 1.807) is 12.1 Å². The Morgan fingerprint density at radius 1 is 1.26 bits per heavy atom. The third-order valence-electron chi connectivity index (χ3n) is 2.24. The molecule has 0 fully saturated rings. The number of ether oxygens (including phenoxy) is 1. The number of rotatable bonds is 4. The van der Waals surface area contributed by atoms with Gasteiger partial charge in [0.15, 0.2) is 14.9 Å². The van der Waals surface area contributed by atoms with Gasteiger partial charge in [0.05, 0.1) is 4.90 Å². The van der Waals surface area contributed by atoms with Crippen molar-refractivity contribution in [3.8, 4) is 10.8 Å². The molecule has 0 aliphatic rings. The fourth-order valence-electron chi connectivity index (χ4n) is 1.37. The fourth-order valence-corrected chi connectivity index (χ4v) is 2.74. The first-order valence-corrected chi connectivity index (χ1v) is 7.88. The number of benzene rings is 1. The van der Waals surface area contributed by atoms with Gasteiger partial charge in [-0.25, -0.2) is 13.2 Å². The van der Waals surface area contributed by atoms with Crippen LogP contribution >= 0.6 is 11.3 Å². The maximum Gasteiger partial charge on any atom is 0.345 e. The van der Waals surface area contributed by atoms with Crippen LogP contribution in [0.4, 0.5) is 0 Å². The highest BCUT2D eigenvalue weighted by Crippen LogP contribution is 2.30. The Bertz CT molecular complexity index is 715. The Hall–Kier alpha value is -1.86. The summed E-state index contributed by atoms with van der Waals surface area (Å²) in [7, 11) is -3.30. The average molecular weight is 298 g/mol. The van der Waals surface area contributed by atoms with Gasteiger partial charge in [0.1, 0.15) is 10.6 Å². The van der Waals surface area contributed by atoms with Gasteiger partial charge in [-0.2, -0.15) is 0 Å². The lowest BCUT2D eigenvalue weighted by Crippen LogP contribution is -1.96. The van der Waals surface area contributed by atoms with Crippen LogP contribution in [0, 0.1) is 0 Å². The van der Waals surface area contributed by atoms with E-state index < -0.39 is 15.8 Å². The summed E-state index contributed by atoms with van der Waals surface area (Å²) in [5.41, 5.74) is 0. The van der Waals surface area contributed by atoms with Gasteiger partial charge in [-0.05, 0) is 30.3 Å². The normalized spacial score (nSPS) is 11.2. The molecule has 1 aromatic carbocycles. The predicted molar refractivity (Wildman–Crippen MR) is 70.9 cm³/mol. The van der Waals surface area contributed by atoms with Gasteiger partial charge in [0.2, 0.25) is 0 Å². The van der Waals surface area contributed by atoms with E-state index in [-0.39, 0.29) is 9.77 Å². The van der Waals surface area contributed by atoms with Crippen molar-refractivity contribution in [1.82, 2.24) is 0 Å². The number of carbonyl (C=O) groups is 1. The molecule has 0 amide bonds. The highest BCUT2D eigenvalue weighted by molar-refractivity contribution is 7.90. The number of hydrogen-bond acceptors (Lipinski definition) is 5. The Labute approximate surface area is 114 Å². The van der Waals surface area contributed by atoms with Crippen molar-refractivity contribution in [2.24, 2.45) is 0 Å². The van der Waals surface area contributed by atoms with Crippen molar-refractivity contribution < 1.29 is 23.1 Å². The van der Waals surface area contributed by atoms with Gasteiger partial charge in [0, 0.05) is 6.26 Å². The van der Waals surface area contributed by atoms with Crippen LogP contribution in [0.5, 0.6) is 10.8 Å². The zero-order chi connectivity index (χ0) is 14.0. The van der Waals surface area contributed by atoms with E-state index in [0.717, 1.165) is 17.6 Å². The number of aromatic carboxylic acids is 1. The molecule has 0 unspecified atom stereocenters. The summed E-state index contributed by atoms with van der Waals surface area (Å²) in [5.74, 6) is -0.675. The maximum absolute atomic E-state index is 11.4. The summed E-state index contributed by atoms with van der Waals surface area (Å²) < 4.78 is 28.2. The topological polar surface area (TPSA) is 80.7 Å². The molecule has 0 atom stereocenters. The minimum atomic E-state index is -3.30. The second-order valence-corrected chi connectivity index (χ2v) is 6.83. The molecule has 0 saturated carbocycles. The van der Waals surface area contributed by atoms with Crippen molar-refractivity contribution in [3.05, 3.63) is 41.3 Å². The summed E-state index contributed by atoms with van der Waals surface area (Å²) in [4.78, 5) is 11.0. The van der Waals surface area contributed by atoms with E-state index in [1.165, 1.54) is 24.3 Å². The van der Waals surface area contributed by atoms with Crippen LogP contribution in [0.25, 0.3) is 0 Å². The largest absolute Gasteiger partial charge is 0.477 e. The summed E-state index contributed by atoms with van der Waals surface area (Å²) in [6, 6.07) is 9.01. The van der Waals surface area contributed by atoms with E-state index >= 15 is 0 Å². The summed E-state index contributed by atoms with van der Waals surface area (Å²) in [5, 5.41) is 9.18. The third-order valence-corrected chi connectivity index (χ3v) is 4.31.